The molecule has 0 aromatic carbocycles. The van der Waals surface area contributed by atoms with Crippen LogP contribution in [0.5, 0.6) is 0 Å². The Hall–Kier alpha value is -0.800. The van der Waals surface area contributed by atoms with Crippen molar-refractivity contribution in [2.75, 3.05) is 21.3 Å². The predicted molar refractivity (Wildman–Crippen MR) is 45.3 cm³/mol. The van der Waals surface area contributed by atoms with E-state index in [-0.39, 0.29) is 6.10 Å². The first-order chi connectivity index (χ1) is 5.83. The van der Waals surface area contributed by atoms with E-state index in [0.717, 1.165) is 11.9 Å². The second-order valence-electron chi connectivity index (χ2n) is 2.35. The molecule has 0 fully saturated rings. The summed E-state index contributed by atoms with van der Waals surface area (Å²) >= 11 is 0. The lowest BCUT2D eigenvalue weighted by Gasteiger charge is -2.24. The Morgan fingerprint density at radius 3 is 2.42 bits per heavy atom. The number of hydrogen-bond acceptors (Lipinski definition) is 3. The number of rotatable bonds is 3. The number of methoxy groups -OCH3 is 3. The molecule has 3 nitrogen and oxygen atoms in total. The van der Waals surface area contributed by atoms with Crippen molar-refractivity contribution in [2.45, 2.75) is 6.10 Å². The molecule has 1 radical (unpaired) electrons. The maximum absolute atomic E-state index is 5.19. The lowest BCUT2D eigenvalue weighted by Crippen LogP contribution is -2.26. The maximum atomic E-state index is 5.19. The van der Waals surface area contributed by atoms with Crippen LogP contribution in [0, 0.1) is 6.10 Å². The van der Waals surface area contributed by atoms with Crippen molar-refractivity contribution in [2.24, 2.45) is 0 Å². The maximum Gasteiger partial charge on any atom is 0.155 e. The van der Waals surface area contributed by atoms with E-state index in [9.17, 15) is 0 Å². The van der Waals surface area contributed by atoms with E-state index in [0.29, 0.717) is 0 Å². The molecular formula is C9H13O3. The Morgan fingerprint density at radius 1 is 1.17 bits per heavy atom. The summed E-state index contributed by atoms with van der Waals surface area (Å²) in [5.74, 6) is 0.761. The van der Waals surface area contributed by atoms with Crippen molar-refractivity contribution >= 4 is 0 Å². The van der Waals surface area contributed by atoms with E-state index in [1.165, 1.54) is 0 Å². The normalized spacial score (nSPS) is 23.9. The van der Waals surface area contributed by atoms with Crippen LogP contribution in [-0.2, 0) is 14.2 Å². The van der Waals surface area contributed by atoms with Crippen molar-refractivity contribution in [3.63, 3.8) is 0 Å². The van der Waals surface area contributed by atoms with E-state index >= 15 is 0 Å². The first kappa shape index (κ1) is 9.29. The molecule has 1 rings (SSSR count). The van der Waals surface area contributed by atoms with Gasteiger partial charge in [0.05, 0.1) is 7.11 Å². The average molecular weight is 169 g/mol. The molecule has 0 saturated heterocycles. The van der Waals surface area contributed by atoms with Crippen molar-refractivity contribution in [3.8, 4) is 0 Å². The summed E-state index contributed by atoms with van der Waals surface area (Å²) in [5, 5.41) is 0. The fraction of sp³-hybridized carbons (Fsp3) is 0.444. The first-order valence-electron chi connectivity index (χ1n) is 3.69. The van der Waals surface area contributed by atoms with Crippen LogP contribution >= 0.6 is 0 Å². The minimum absolute atomic E-state index is 0.204. The van der Waals surface area contributed by atoms with Crippen molar-refractivity contribution in [3.05, 3.63) is 30.1 Å². The van der Waals surface area contributed by atoms with Gasteiger partial charge in [0.1, 0.15) is 11.9 Å². The van der Waals surface area contributed by atoms with Crippen LogP contribution in [0.4, 0.5) is 0 Å². The second-order valence-corrected chi connectivity index (χ2v) is 2.35. The van der Waals surface area contributed by atoms with Crippen molar-refractivity contribution in [1.29, 1.82) is 0 Å². The minimum atomic E-state index is -0.204. The lowest BCUT2D eigenvalue weighted by molar-refractivity contribution is 0.0336. The van der Waals surface area contributed by atoms with Gasteiger partial charge in [0, 0.05) is 14.2 Å². The Labute approximate surface area is 72.6 Å². The summed E-state index contributed by atoms with van der Waals surface area (Å²) in [5.41, 5.74) is 0. The van der Waals surface area contributed by atoms with Gasteiger partial charge >= 0.3 is 0 Å². The highest BCUT2D eigenvalue weighted by Crippen LogP contribution is 2.24. The van der Waals surface area contributed by atoms with E-state index in [4.69, 9.17) is 14.2 Å². The van der Waals surface area contributed by atoms with Crippen LogP contribution in [-0.4, -0.2) is 27.4 Å². The Kier molecular flexibility index (Phi) is 3.31. The summed E-state index contributed by atoms with van der Waals surface area (Å²) in [6.07, 6.45) is 6.14. The van der Waals surface area contributed by atoms with Crippen LogP contribution in [0.3, 0.4) is 0 Å². The third-order valence-electron chi connectivity index (χ3n) is 1.74. The highest BCUT2D eigenvalue weighted by Gasteiger charge is 2.26. The zero-order chi connectivity index (χ0) is 8.97. The van der Waals surface area contributed by atoms with E-state index < -0.39 is 0 Å². The number of hydrogen-bond donors (Lipinski definition) is 0. The molecule has 0 bridgehead atoms. The van der Waals surface area contributed by atoms with Gasteiger partial charge in [-0.15, -0.1) is 0 Å². The van der Waals surface area contributed by atoms with Crippen molar-refractivity contribution < 1.29 is 14.2 Å². The molecule has 1 aliphatic carbocycles. The smallest absolute Gasteiger partial charge is 0.155 e. The Balaban J connectivity index is 2.73. The first-order valence-corrected chi connectivity index (χ1v) is 3.69. The van der Waals surface area contributed by atoms with E-state index in [1.54, 1.807) is 21.3 Å². The zero-order valence-electron chi connectivity index (χ0n) is 7.53. The van der Waals surface area contributed by atoms with E-state index in [1.807, 2.05) is 18.2 Å². The van der Waals surface area contributed by atoms with Crippen LogP contribution in [0.1, 0.15) is 0 Å². The molecule has 0 saturated carbocycles. The Morgan fingerprint density at radius 2 is 1.92 bits per heavy atom. The second kappa shape index (κ2) is 4.28. The summed E-state index contributed by atoms with van der Waals surface area (Å²) in [4.78, 5) is 0. The molecule has 12 heavy (non-hydrogen) atoms. The number of allylic oxidation sites excluding steroid dienone is 2. The van der Waals surface area contributed by atoms with Gasteiger partial charge < -0.3 is 14.2 Å². The molecule has 3 heteroatoms. The van der Waals surface area contributed by atoms with Gasteiger partial charge in [-0.3, -0.25) is 0 Å². The van der Waals surface area contributed by atoms with Gasteiger partial charge in [0.15, 0.2) is 6.10 Å². The van der Waals surface area contributed by atoms with Gasteiger partial charge in [0.2, 0.25) is 0 Å². The molecule has 0 heterocycles. The molecule has 67 valence electrons. The highest BCUT2D eigenvalue weighted by molar-refractivity contribution is 5.29. The van der Waals surface area contributed by atoms with Crippen LogP contribution < -0.4 is 0 Å². The third-order valence-corrected chi connectivity index (χ3v) is 1.74. The molecule has 0 aromatic heterocycles. The highest BCUT2D eigenvalue weighted by atomic mass is 16.6. The molecule has 1 aliphatic rings. The molecule has 0 amide bonds. The fourth-order valence-electron chi connectivity index (χ4n) is 1.14. The predicted octanol–water partition coefficient (Wildman–Crippen LogP) is 1.28. The van der Waals surface area contributed by atoms with Gasteiger partial charge in [-0.1, -0.05) is 6.08 Å². The molecular weight excluding hydrogens is 156 g/mol. The quantitative estimate of drug-likeness (QED) is 0.637. The standard InChI is InChI=1S/C9H13O3/c1-10-7-5-4-6-8(11-2)9(7)12-3/h4-6,9H,1-3H3. The fourth-order valence-corrected chi connectivity index (χ4v) is 1.14. The largest absolute Gasteiger partial charge is 0.498 e. The monoisotopic (exact) mass is 169 g/mol. The summed E-state index contributed by atoms with van der Waals surface area (Å²) in [6.45, 7) is 0. The van der Waals surface area contributed by atoms with Gasteiger partial charge in [-0.05, 0) is 12.2 Å². The third kappa shape index (κ3) is 1.68. The number of ether oxygens (including phenoxy) is 3. The average Bonchev–Trinajstić information content (AvgIpc) is 2.16. The lowest BCUT2D eigenvalue weighted by atomic mass is 10.1. The minimum Gasteiger partial charge on any atom is -0.498 e. The summed E-state index contributed by atoms with van der Waals surface area (Å²) in [6, 6.07) is 0. The molecule has 0 spiro atoms. The SMILES string of the molecule is CO[C]1C=CC=C(OC)C1OC. The van der Waals surface area contributed by atoms with Gasteiger partial charge in [-0.2, -0.15) is 0 Å². The molecule has 1 atom stereocenters. The van der Waals surface area contributed by atoms with E-state index in [2.05, 4.69) is 0 Å². The molecule has 0 aliphatic heterocycles. The molecule has 0 N–H and O–H groups in total. The van der Waals surface area contributed by atoms with Crippen LogP contribution in [0.25, 0.3) is 0 Å². The summed E-state index contributed by atoms with van der Waals surface area (Å²) in [7, 11) is 4.85. The molecule has 1 unspecified atom stereocenters. The van der Waals surface area contributed by atoms with Crippen LogP contribution in [0.15, 0.2) is 24.0 Å². The summed E-state index contributed by atoms with van der Waals surface area (Å²) < 4.78 is 15.4. The zero-order valence-corrected chi connectivity index (χ0v) is 7.53. The Bertz CT molecular complexity index is 196. The van der Waals surface area contributed by atoms with Crippen molar-refractivity contribution in [1.82, 2.24) is 0 Å². The van der Waals surface area contributed by atoms with Gasteiger partial charge in [0.25, 0.3) is 0 Å². The molecule has 0 aromatic rings. The topological polar surface area (TPSA) is 27.7 Å². The van der Waals surface area contributed by atoms with Crippen LogP contribution in [0.2, 0.25) is 0 Å². The van der Waals surface area contributed by atoms with Gasteiger partial charge in [-0.25, -0.2) is 0 Å².